The highest BCUT2D eigenvalue weighted by Gasteiger charge is 2.35. The minimum Gasteiger partial charge on any atom is -0.387 e. The fourth-order valence-corrected chi connectivity index (χ4v) is 3.90. The highest BCUT2D eigenvalue weighted by molar-refractivity contribution is 7.91. The number of amides is 1. The van der Waals surface area contributed by atoms with Crippen LogP contribution in [-0.4, -0.2) is 43.6 Å². The molecule has 0 aliphatic carbocycles. The Balaban J connectivity index is 2.30. The van der Waals surface area contributed by atoms with E-state index in [2.05, 4.69) is 0 Å². The molecule has 1 amide bonds. The van der Waals surface area contributed by atoms with Crippen molar-refractivity contribution in [3.05, 3.63) is 30.3 Å². The van der Waals surface area contributed by atoms with Crippen LogP contribution in [0.15, 0.2) is 30.3 Å². The summed E-state index contributed by atoms with van der Waals surface area (Å²) in [4.78, 5) is 13.2. The lowest BCUT2D eigenvalue weighted by Crippen LogP contribution is -2.42. The predicted molar refractivity (Wildman–Crippen MR) is 68.1 cm³/mol. The Morgan fingerprint density at radius 3 is 2.50 bits per heavy atom. The zero-order chi connectivity index (χ0) is 13.2. The second-order valence-corrected chi connectivity index (χ2v) is 6.54. The molecular weight excluding hydrogens is 254 g/mol. The van der Waals surface area contributed by atoms with E-state index in [1.165, 1.54) is 4.90 Å². The molecule has 1 aliphatic heterocycles. The lowest BCUT2D eigenvalue weighted by atomic mass is 10.2. The Morgan fingerprint density at radius 2 is 2.00 bits per heavy atom. The van der Waals surface area contributed by atoms with E-state index in [4.69, 9.17) is 5.11 Å². The molecule has 1 fully saturated rings. The topological polar surface area (TPSA) is 74.7 Å². The number of para-hydroxylation sites is 1. The van der Waals surface area contributed by atoms with E-state index in [0.29, 0.717) is 12.1 Å². The van der Waals surface area contributed by atoms with E-state index >= 15 is 0 Å². The first kappa shape index (κ1) is 13.0. The van der Waals surface area contributed by atoms with Gasteiger partial charge in [-0.25, -0.2) is 8.42 Å². The number of carbonyl (C=O) groups excluding carboxylic acids is 1. The third-order valence-corrected chi connectivity index (χ3v) is 4.76. The van der Waals surface area contributed by atoms with Gasteiger partial charge in [0.1, 0.15) is 6.61 Å². The maximum atomic E-state index is 11.8. The van der Waals surface area contributed by atoms with Gasteiger partial charge in [-0.1, -0.05) is 18.2 Å². The molecule has 1 heterocycles. The molecule has 1 atom stereocenters. The van der Waals surface area contributed by atoms with Crippen LogP contribution in [0.4, 0.5) is 5.69 Å². The van der Waals surface area contributed by atoms with Gasteiger partial charge in [0, 0.05) is 5.69 Å². The molecule has 6 heteroatoms. The van der Waals surface area contributed by atoms with Crippen molar-refractivity contribution in [1.82, 2.24) is 0 Å². The molecule has 1 unspecified atom stereocenters. The van der Waals surface area contributed by atoms with Crippen LogP contribution in [-0.2, 0) is 14.6 Å². The molecule has 18 heavy (non-hydrogen) atoms. The summed E-state index contributed by atoms with van der Waals surface area (Å²) in [6.07, 6.45) is 0.420. The van der Waals surface area contributed by atoms with Crippen LogP contribution in [0.1, 0.15) is 6.42 Å². The summed E-state index contributed by atoms with van der Waals surface area (Å²) in [5.41, 5.74) is 0.624. The van der Waals surface area contributed by atoms with E-state index < -0.39 is 22.4 Å². The van der Waals surface area contributed by atoms with E-state index in [1.807, 2.05) is 6.07 Å². The minimum absolute atomic E-state index is 0.0341. The van der Waals surface area contributed by atoms with Crippen molar-refractivity contribution in [3.63, 3.8) is 0 Å². The highest BCUT2D eigenvalue weighted by atomic mass is 32.2. The standard InChI is InChI=1S/C12H15NO4S/c14-8-12(15)13(10-4-2-1-3-5-10)11-6-7-18(16,17)9-11/h1-5,11,14H,6-9H2. The monoisotopic (exact) mass is 269 g/mol. The number of hydrogen-bond acceptors (Lipinski definition) is 4. The number of benzene rings is 1. The Morgan fingerprint density at radius 1 is 1.33 bits per heavy atom. The van der Waals surface area contributed by atoms with Crippen LogP contribution in [0.5, 0.6) is 0 Å². The van der Waals surface area contributed by atoms with Crippen molar-refractivity contribution in [3.8, 4) is 0 Å². The van der Waals surface area contributed by atoms with Crippen LogP contribution < -0.4 is 4.90 Å². The maximum absolute atomic E-state index is 11.8. The molecular formula is C12H15NO4S. The third kappa shape index (κ3) is 2.70. The molecule has 0 spiro atoms. The van der Waals surface area contributed by atoms with Crippen LogP contribution in [0.3, 0.4) is 0 Å². The van der Waals surface area contributed by atoms with Gasteiger partial charge in [0.15, 0.2) is 9.84 Å². The lowest BCUT2D eigenvalue weighted by Gasteiger charge is -2.27. The van der Waals surface area contributed by atoms with Gasteiger partial charge in [-0.2, -0.15) is 0 Å². The van der Waals surface area contributed by atoms with E-state index in [0.717, 1.165) is 0 Å². The molecule has 1 saturated heterocycles. The molecule has 0 radical (unpaired) electrons. The summed E-state index contributed by atoms with van der Waals surface area (Å²) >= 11 is 0. The second kappa shape index (κ2) is 5.07. The number of carbonyl (C=O) groups is 1. The average molecular weight is 269 g/mol. The first-order chi connectivity index (χ1) is 8.53. The number of sulfone groups is 1. The number of nitrogens with zero attached hydrogens (tertiary/aromatic N) is 1. The van der Waals surface area contributed by atoms with Gasteiger partial charge in [0.25, 0.3) is 5.91 Å². The SMILES string of the molecule is O=C(CO)N(c1ccccc1)C1CCS(=O)(=O)C1. The Bertz CT molecular complexity index is 526. The number of anilines is 1. The Labute approximate surface area is 106 Å². The summed E-state index contributed by atoms with van der Waals surface area (Å²) in [5, 5.41) is 9.02. The normalized spacial score (nSPS) is 21.7. The van der Waals surface area contributed by atoms with Gasteiger partial charge in [-0.05, 0) is 18.6 Å². The van der Waals surface area contributed by atoms with Crippen molar-refractivity contribution in [2.45, 2.75) is 12.5 Å². The molecule has 1 aliphatic rings. The first-order valence-electron chi connectivity index (χ1n) is 5.72. The minimum atomic E-state index is -3.07. The first-order valence-corrected chi connectivity index (χ1v) is 7.54. The van der Waals surface area contributed by atoms with E-state index in [-0.39, 0.29) is 17.5 Å². The Kier molecular flexibility index (Phi) is 3.68. The van der Waals surface area contributed by atoms with Crippen LogP contribution in [0, 0.1) is 0 Å². The summed E-state index contributed by atoms with van der Waals surface area (Å²) in [5.74, 6) is -0.406. The molecule has 98 valence electrons. The molecule has 1 aromatic rings. The van der Waals surface area contributed by atoms with Crippen molar-refractivity contribution < 1.29 is 18.3 Å². The van der Waals surface area contributed by atoms with Gasteiger partial charge in [-0.3, -0.25) is 4.79 Å². The molecule has 0 bridgehead atoms. The highest BCUT2D eigenvalue weighted by Crippen LogP contribution is 2.24. The average Bonchev–Trinajstić information content (AvgIpc) is 2.71. The molecule has 0 aromatic heterocycles. The Hall–Kier alpha value is -1.40. The third-order valence-electron chi connectivity index (χ3n) is 3.01. The van der Waals surface area contributed by atoms with Crippen LogP contribution in [0.2, 0.25) is 0 Å². The predicted octanol–water partition coefficient (Wildman–Crippen LogP) is 0.199. The van der Waals surface area contributed by atoms with Crippen molar-refractivity contribution >= 4 is 21.4 Å². The smallest absolute Gasteiger partial charge is 0.252 e. The van der Waals surface area contributed by atoms with Gasteiger partial charge >= 0.3 is 0 Å². The summed E-state index contributed by atoms with van der Waals surface area (Å²) in [6, 6.07) is 8.46. The maximum Gasteiger partial charge on any atom is 0.252 e. The lowest BCUT2D eigenvalue weighted by molar-refractivity contribution is -0.121. The number of hydrogen-bond donors (Lipinski definition) is 1. The zero-order valence-corrected chi connectivity index (χ0v) is 10.6. The van der Waals surface area contributed by atoms with E-state index in [9.17, 15) is 13.2 Å². The van der Waals surface area contributed by atoms with Crippen LogP contribution in [0.25, 0.3) is 0 Å². The fourth-order valence-electron chi connectivity index (χ4n) is 2.20. The molecule has 1 N–H and O–H groups in total. The molecule has 5 nitrogen and oxygen atoms in total. The van der Waals surface area contributed by atoms with Gasteiger partial charge < -0.3 is 10.0 Å². The fraction of sp³-hybridized carbons (Fsp3) is 0.417. The van der Waals surface area contributed by atoms with E-state index in [1.54, 1.807) is 24.3 Å². The van der Waals surface area contributed by atoms with Gasteiger partial charge in [-0.15, -0.1) is 0 Å². The summed E-state index contributed by atoms with van der Waals surface area (Å²) in [7, 11) is -3.07. The van der Waals surface area contributed by atoms with Crippen molar-refractivity contribution in [1.29, 1.82) is 0 Å². The van der Waals surface area contributed by atoms with Crippen molar-refractivity contribution in [2.75, 3.05) is 23.0 Å². The molecule has 2 rings (SSSR count). The molecule has 0 saturated carbocycles. The number of rotatable bonds is 3. The largest absolute Gasteiger partial charge is 0.387 e. The quantitative estimate of drug-likeness (QED) is 0.850. The second-order valence-electron chi connectivity index (χ2n) is 4.31. The summed E-state index contributed by atoms with van der Waals surface area (Å²) < 4.78 is 23.0. The zero-order valence-electron chi connectivity index (χ0n) is 9.82. The number of aliphatic hydroxyl groups is 1. The van der Waals surface area contributed by atoms with Gasteiger partial charge in [0.05, 0.1) is 17.5 Å². The molecule has 1 aromatic carbocycles. The number of aliphatic hydroxyl groups excluding tert-OH is 1. The van der Waals surface area contributed by atoms with Crippen molar-refractivity contribution in [2.24, 2.45) is 0 Å². The van der Waals surface area contributed by atoms with Crippen LogP contribution >= 0.6 is 0 Å². The summed E-state index contributed by atoms with van der Waals surface area (Å²) in [6.45, 7) is -0.620. The van der Waals surface area contributed by atoms with Gasteiger partial charge in [0.2, 0.25) is 0 Å².